The van der Waals surface area contributed by atoms with Crippen molar-refractivity contribution in [2.75, 3.05) is 0 Å². The number of thiol groups is 1. The van der Waals surface area contributed by atoms with Crippen LogP contribution in [0.3, 0.4) is 0 Å². The Morgan fingerprint density at radius 3 is 2.75 bits per heavy atom. The van der Waals surface area contributed by atoms with E-state index in [1.165, 1.54) is 10.5 Å². The molecule has 0 nitrogen and oxygen atoms in total. The maximum atomic E-state index is 4.28. The highest BCUT2D eigenvalue weighted by Gasteiger charge is 1.97. The Labute approximate surface area is 55.7 Å². The van der Waals surface area contributed by atoms with Crippen LogP contribution in [0, 0.1) is 0 Å². The molecule has 0 aromatic carbocycles. The average molecular weight is 126 g/mol. The third kappa shape index (κ3) is 1.16. The van der Waals surface area contributed by atoms with Gasteiger partial charge in [-0.25, -0.2) is 0 Å². The predicted octanol–water partition coefficient (Wildman–Crippen LogP) is 2.54. The van der Waals surface area contributed by atoms with E-state index < -0.39 is 0 Å². The van der Waals surface area contributed by atoms with E-state index in [0.29, 0.717) is 0 Å². The molecule has 1 aliphatic rings. The summed E-state index contributed by atoms with van der Waals surface area (Å²) < 4.78 is 0. The van der Waals surface area contributed by atoms with Crippen LogP contribution in [-0.2, 0) is 0 Å². The molecular weight excluding hydrogens is 116 g/mol. The fourth-order valence-electron chi connectivity index (χ4n) is 0.774. The molecule has 0 aromatic rings. The minimum Gasteiger partial charge on any atom is -0.148 e. The first-order valence-electron chi connectivity index (χ1n) is 2.86. The summed E-state index contributed by atoms with van der Waals surface area (Å²) >= 11 is 4.28. The van der Waals surface area contributed by atoms with E-state index in [0.717, 1.165) is 12.8 Å². The number of allylic oxidation sites excluding steroid dienone is 4. The summed E-state index contributed by atoms with van der Waals surface area (Å²) in [6.45, 7) is 2.10. The summed E-state index contributed by atoms with van der Waals surface area (Å²) in [5, 5.41) is 0. The lowest BCUT2D eigenvalue weighted by Crippen LogP contribution is -1.83. The summed E-state index contributed by atoms with van der Waals surface area (Å²) in [5.41, 5.74) is 1.32. The van der Waals surface area contributed by atoms with Gasteiger partial charge in [0.05, 0.1) is 0 Å². The van der Waals surface area contributed by atoms with Gasteiger partial charge in [-0.3, -0.25) is 0 Å². The van der Waals surface area contributed by atoms with Crippen LogP contribution in [0.5, 0.6) is 0 Å². The maximum absolute atomic E-state index is 4.28. The lowest BCUT2D eigenvalue weighted by atomic mass is 10.1. The third-order valence-corrected chi connectivity index (χ3v) is 1.95. The van der Waals surface area contributed by atoms with Crippen LogP contribution < -0.4 is 0 Å². The fraction of sp³-hybridized carbons (Fsp3) is 0.429. The van der Waals surface area contributed by atoms with E-state index in [-0.39, 0.29) is 0 Å². The molecule has 8 heavy (non-hydrogen) atoms. The molecule has 0 aliphatic heterocycles. The van der Waals surface area contributed by atoms with Crippen LogP contribution in [0.2, 0.25) is 0 Å². The van der Waals surface area contributed by atoms with E-state index in [2.05, 4.69) is 31.7 Å². The zero-order valence-electron chi connectivity index (χ0n) is 5.02. The van der Waals surface area contributed by atoms with E-state index in [1.807, 2.05) is 0 Å². The molecule has 0 heterocycles. The fourth-order valence-corrected chi connectivity index (χ4v) is 0.977. The van der Waals surface area contributed by atoms with E-state index >= 15 is 0 Å². The maximum Gasteiger partial charge on any atom is -0.0152 e. The molecule has 0 atom stereocenters. The molecule has 44 valence electrons. The van der Waals surface area contributed by atoms with Crippen molar-refractivity contribution in [2.45, 2.75) is 19.8 Å². The second kappa shape index (κ2) is 2.40. The minimum atomic E-state index is 1.13. The van der Waals surface area contributed by atoms with Crippen molar-refractivity contribution in [1.82, 2.24) is 0 Å². The first kappa shape index (κ1) is 5.96. The number of hydrogen-bond acceptors (Lipinski definition) is 1. The van der Waals surface area contributed by atoms with Crippen molar-refractivity contribution in [1.29, 1.82) is 0 Å². The highest BCUT2D eigenvalue weighted by atomic mass is 32.1. The zero-order valence-corrected chi connectivity index (χ0v) is 5.91. The van der Waals surface area contributed by atoms with Gasteiger partial charge in [-0.05, 0) is 30.2 Å². The molecule has 1 heteroatoms. The predicted molar refractivity (Wildman–Crippen MR) is 40.1 cm³/mol. The molecule has 0 spiro atoms. The Kier molecular flexibility index (Phi) is 1.79. The van der Waals surface area contributed by atoms with Gasteiger partial charge in [0.2, 0.25) is 0 Å². The normalized spacial score (nSPS) is 19.8. The zero-order chi connectivity index (χ0) is 5.98. The van der Waals surface area contributed by atoms with Gasteiger partial charge in [0.25, 0.3) is 0 Å². The van der Waals surface area contributed by atoms with Crippen LogP contribution in [0.25, 0.3) is 0 Å². The smallest absolute Gasteiger partial charge is 0.0152 e. The van der Waals surface area contributed by atoms with Gasteiger partial charge in [0.15, 0.2) is 0 Å². The van der Waals surface area contributed by atoms with Crippen molar-refractivity contribution in [3.8, 4) is 0 Å². The average Bonchev–Trinajstić information content (AvgIpc) is 1.77. The van der Waals surface area contributed by atoms with Crippen LogP contribution in [-0.4, -0.2) is 0 Å². The largest absolute Gasteiger partial charge is 0.148 e. The van der Waals surface area contributed by atoms with Gasteiger partial charge in [-0.1, -0.05) is 12.2 Å². The Morgan fingerprint density at radius 1 is 1.62 bits per heavy atom. The molecule has 1 rings (SSSR count). The van der Waals surface area contributed by atoms with Gasteiger partial charge in [-0.2, -0.15) is 0 Å². The first-order valence-corrected chi connectivity index (χ1v) is 3.30. The Hall–Kier alpha value is -0.170. The summed E-state index contributed by atoms with van der Waals surface area (Å²) in [6.07, 6.45) is 6.61. The molecular formula is C7H10S. The van der Waals surface area contributed by atoms with Crippen molar-refractivity contribution < 1.29 is 0 Å². The van der Waals surface area contributed by atoms with Crippen molar-refractivity contribution in [3.63, 3.8) is 0 Å². The quantitative estimate of drug-likeness (QED) is 0.474. The summed E-state index contributed by atoms with van der Waals surface area (Å²) in [7, 11) is 0. The van der Waals surface area contributed by atoms with Gasteiger partial charge >= 0.3 is 0 Å². The number of rotatable bonds is 0. The van der Waals surface area contributed by atoms with Crippen molar-refractivity contribution in [2.24, 2.45) is 0 Å². The molecule has 0 amide bonds. The van der Waals surface area contributed by atoms with Gasteiger partial charge in [-0.15, -0.1) is 12.6 Å². The van der Waals surface area contributed by atoms with Crippen LogP contribution in [0.4, 0.5) is 0 Å². The SMILES string of the molecule is CC1=C(S)CCC=C1. The topological polar surface area (TPSA) is 0 Å². The third-order valence-electron chi connectivity index (χ3n) is 1.37. The molecule has 0 saturated heterocycles. The summed E-state index contributed by atoms with van der Waals surface area (Å²) in [6, 6.07) is 0. The van der Waals surface area contributed by atoms with Gasteiger partial charge in [0, 0.05) is 0 Å². The van der Waals surface area contributed by atoms with Crippen LogP contribution in [0.1, 0.15) is 19.8 Å². The number of hydrogen-bond donors (Lipinski definition) is 1. The van der Waals surface area contributed by atoms with Crippen molar-refractivity contribution in [3.05, 3.63) is 22.6 Å². The molecule has 0 unspecified atom stereocenters. The van der Waals surface area contributed by atoms with Gasteiger partial charge in [0.1, 0.15) is 0 Å². The van der Waals surface area contributed by atoms with E-state index in [1.54, 1.807) is 0 Å². The Morgan fingerprint density at radius 2 is 2.38 bits per heavy atom. The van der Waals surface area contributed by atoms with Gasteiger partial charge < -0.3 is 0 Å². The highest BCUT2D eigenvalue weighted by Crippen LogP contribution is 2.20. The molecule has 0 radical (unpaired) electrons. The molecule has 0 aromatic heterocycles. The first-order chi connectivity index (χ1) is 3.80. The highest BCUT2D eigenvalue weighted by molar-refractivity contribution is 7.84. The van der Waals surface area contributed by atoms with E-state index in [9.17, 15) is 0 Å². The lowest BCUT2D eigenvalue weighted by molar-refractivity contribution is 1.00. The minimum absolute atomic E-state index is 1.13. The monoisotopic (exact) mass is 126 g/mol. The lowest BCUT2D eigenvalue weighted by Gasteiger charge is -2.05. The Balaban J connectivity index is 2.76. The standard InChI is InChI=1S/C7H10S/c1-6-4-2-3-5-7(6)8/h2,4,8H,3,5H2,1H3. The Bertz CT molecular complexity index is 142. The van der Waals surface area contributed by atoms with Crippen LogP contribution in [0.15, 0.2) is 22.6 Å². The molecule has 0 bridgehead atoms. The molecule has 0 N–H and O–H groups in total. The second-order valence-corrected chi connectivity index (χ2v) is 2.61. The van der Waals surface area contributed by atoms with E-state index in [4.69, 9.17) is 0 Å². The van der Waals surface area contributed by atoms with Crippen molar-refractivity contribution >= 4 is 12.6 Å². The molecule has 0 fully saturated rings. The second-order valence-electron chi connectivity index (χ2n) is 2.07. The molecule has 0 saturated carbocycles. The molecule has 1 aliphatic carbocycles. The summed E-state index contributed by atoms with van der Waals surface area (Å²) in [4.78, 5) is 1.24. The summed E-state index contributed by atoms with van der Waals surface area (Å²) in [5.74, 6) is 0. The van der Waals surface area contributed by atoms with Crippen LogP contribution >= 0.6 is 12.6 Å².